The van der Waals surface area contributed by atoms with Gasteiger partial charge in [0.05, 0.1) is 30.4 Å². The van der Waals surface area contributed by atoms with Crippen LogP contribution in [0.5, 0.6) is 11.5 Å². The van der Waals surface area contributed by atoms with Gasteiger partial charge < -0.3 is 13.3 Å². The van der Waals surface area contributed by atoms with Crippen LogP contribution in [0.3, 0.4) is 0 Å². The lowest BCUT2D eigenvalue weighted by Gasteiger charge is -2.22. The van der Waals surface area contributed by atoms with Crippen molar-refractivity contribution >= 4 is 20.1 Å². The van der Waals surface area contributed by atoms with Crippen molar-refractivity contribution in [1.29, 1.82) is 0 Å². The van der Waals surface area contributed by atoms with Gasteiger partial charge in [-0.1, -0.05) is 18.2 Å². The predicted octanol–water partition coefficient (Wildman–Crippen LogP) is 5.47. The molecular weight excluding hydrogens is 559 g/mol. The summed E-state index contributed by atoms with van der Waals surface area (Å²) >= 11 is 0. The molecule has 0 radical (unpaired) electrons. The van der Waals surface area contributed by atoms with Gasteiger partial charge in [-0.2, -0.15) is 25.9 Å². The van der Waals surface area contributed by atoms with Crippen LogP contribution in [-0.2, 0) is 39.4 Å². The fourth-order valence-corrected chi connectivity index (χ4v) is 5.97. The molecule has 0 aliphatic carbocycles. The quantitative estimate of drug-likeness (QED) is 0.229. The van der Waals surface area contributed by atoms with Crippen molar-refractivity contribution in [3.05, 3.63) is 108 Å². The first-order valence-electron chi connectivity index (χ1n) is 11.3. The van der Waals surface area contributed by atoms with E-state index in [-0.39, 0.29) is 23.7 Å². The van der Waals surface area contributed by atoms with E-state index in [0.29, 0.717) is 23.1 Å². The summed E-state index contributed by atoms with van der Waals surface area (Å²) in [6.07, 6.45) is -3.33. The van der Waals surface area contributed by atoms with E-state index in [9.17, 15) is 30.0 Å². The third-order valence-corrected chi connectivity index (χ3v) is 8.57. The van der Waals surface area contributed by atoms with Crippen LogP contribution < -0.4 is 8.92 Å². The van der Waals surface area contributed by atoms with Crippen LogP contribution in [-0.4, -0.2) is 28.3 Å². The van der Waals surface area contributed by atoms with Crippen molar-refractivity contribution in [3.63, 3.8) is 0 Å². The second-order valence-electron chi connectivity index (χ2n) is 8.24. The first-order valence-corrected chi connectivity index (χ1v) is 14.1. The molecule has 206 valence electrons. The zero-order valence-corrected chi connectivity index (χ0v) is 22.0. The number of furan rings is 1. The Hall–Kier alpha value is -3.81. The minimum Gasteiger partial charge on any atom is -0.497 e. The molecule has 0 bridgehead atoms. The van der Waals surface area contributed by atoms with Crippen LogP contribution in [0.2, 0.25) is 0 Å². The Morgan fingerprint density at radius 1 is 0.795 bits per heavy atom. The van der Waals surface area contributed by atoms with Crippen molar-refractivity contribution in [3.8, 4) is 11.5 Å². The molecule has 0 aliphatic rings. The molecule has 0 fully saturated rings. The molecule has 4 aromatic rings. The lowest BCUT2D eigenvalue weighted by molar-refractivity contribution is -0.137. The molecule has 8 nitrogen and oxygen atoms in total. The van der Waals surface area contributed by atoms with E-state index in [2.05, 4.69) is 0 Å². The summed E-state index contributed by atoms with van der Waals surface area (Å²) < 4.78 is 108. The van der Waals surface area contributed by atoms with Gasteiger partial charge in [0.2, 0.25) is 10.0 Å². The Balaban J connectivity index is 1.61. The van der Waals surface area contributed by atoms with E-state index in [1.54, 1.807) is 18.2 Å². The van der Waals surface area contributed by atoms with Gasteiger partial charge in [-0.25, -0.2) is 8.42 Å². The molecule has 0 N–H and O–H groups in total. The Labute approximate surface area is 223 Å². The highest BCUT2D eigenvalue weighted by Crippen LogP contribution is 2.31. The van der Waals surface area contributed by atoms with Crippen LogP contribution in [0.4, 0.5) is 13.2 Å². The van der Waals surface area contributed by atoms with E-state index in [1.165, 1.54) is 55.8 Å². The SMILES string of the molecule is COc1ccc(S(=O)(=O)N(Cc2cccc(OS(=O)(=O)c3cccc(C(F)(F)F)c3)c2)Cc2ccco2)cc1. The largest absolute Gasteiger partial charge is 0.497 e. The summed E-state index contributed by atoms with van der Waals surface area (Å²) in [7, 11) is -7.22. The number of nitrogens with zero attached hydrogens (tertiary/aromatic N) is 1. The molecule has 0 atom stereocenters. The zero-order valence-electron chi connectivity index (χ0n) is 20.3. The second kappa shape index (κ2) is 11.1. The normalized spacial score (nSPS) is 12.4. The number of rotatable bonds is 10. The minimum atomic E-state index is -4.74. The maximum absolute atomic E-state index is 13.5. The summed E-state index contributed by atoms with van der Waals surface area (Å²) in [4.78, 5) is -0.682. The molecule has 0 unspecified atom stereocenters. The Morgan fingerprint density at radius 2 is 1.51 bits per heavy atom. The van der Waals surface area contributed by atoms with E-state index >= 15 is 0 Å². The number of hydrogen-bond acceptors (Lipinski definition) is 7. The van der Waals surface area contributed by atoms with Gasteiger partial charge in [0.25, 0.3) is 0 Å². The van der Waals surface area contributed by atoms with Crippen LogP contribution in [0.15, 0.2) is 105 Å². The number of methoxy groups -OCH3 is 1. The molecule has 39 heavy (non-hydrogen) atoms. The summed E-state index contributed by atoms with van der Waals surface area (Å²) in [5.74, 6) is 0.634. The smallest absolute Gasteiger partial charge is 0.416 e. The summed E-state index contributed by atoms with van der Waals surface area (Å²) in [5.41, 5.74) is -0.784. The van der Waals surface area contributed by atoms with E-state index in [1.807, 2.05) is 0 Å². The topological polar surface area (TPSA) is 103 Å². The average Bonchev–Trinajstić information content (AvgIpc) is 3.41. The summed E-state index contributed by atoms with van der Waals surface area (Å²) in [6.45, 7) is -0.329. The van der Waals surface area contributed by atoms with Crippen molar-refractivity contribution < 1.29 is 43.3 Å². The number of hydrogen-bond donors (Lipinski definition) is 0. The molecule has 13 heteroatoms. The molecule has 1 aromatic heterocycles. The van der Waals surface area contributed by atoms with Crippen LogP contribution in [0.1, 0.15) is 16.9 Å². The highest BCUT2D eigenvalue weighted by Gasteiger charge is 2.32. The van der Waals surface area contributed by atoms with Gasteiger partial charge in [-0.3, -0.25) is 0 Å². The molecular formula is C26H22F3NO7S2. The molecule has 3 aromatic carbocycles. The van der Waals surface area contributed by atoms with Crippen molar-refractivity contribution in [2.24, 2.45) is 0 Å². The van der Waals surface area contributed by atoms with Gasteiger partial charge in [0.1, 0.15) is 22.2 Å². The molecule has 0 aliphatic heterocycles. The van der Waals surface area contributed by atoms with Crippen molar-refractivity contribution in [2.75, 3.05) is 7.11 Å². The number of alkyl halides is 3. The summed E-state index contributed by atoms with van der Waals surface area (Å²) in [6, 6.07) is 17.8. The van der Waals surface area contributed by atoms with Gasteiger partial charge in [0.15, 0.2) is 0 Å². The fraction of sp³-hybridized carbons (Fsp3) is 0.154. The Bertz CT molecular complexity index is 1640. The minimum absolute atomic E-state index is 0.00520. The number of ether oxygens (including phenoxy) is 1. The lowest BCUT2D eigenvalue weighted by atomic mass is 10.2. The average molecular weight is 582 g/mol. The Morgan fingerprint density at radius 3 is 2.15 bits per heavy atom. The monoisotopic (exact) mass is 581 g/mol. The van der Waals surface area contributed by atoms with Crippen molar-refractivity contribution in [2.45, 2.75) is 29.1 Å². The highest BCUT2D eigenvalue weighted by atomic mass is 32.2. The first kappa shape index (κ1) is 28.2. The van der Waals surface area contributed by atoms with Crippen LogP contribution in [0.25, 0.3) is 0 Å². The zero-order chi connectivity index (χ0) is 28.3. The number of benzene rings is 3. The second-order valence-corrected chi connectivity index (χ2v) is 11.7. The van der Waals surface area contributed by atoms with Gasteiger partial charge in [0, 0.05) is 6.54 Å². The Kier molecular flexibility index (Phi) is 8.04. The molecule has 0 amide bonds. The standard InChI is InChI=1S/C26H22F3NO7S2/c1-35-21-10-12-24(13-11-21)38(31,32)30(18-23-8-4-14-36-23)17-19-5-2-7-22(15-19)37-39(33,34)25-9-3-6-20(16-25)26(27,28)29/h2-16H,17-18H2,1H3. The highest BCUT2D eigenvalue weighted by molar-refractivity contribution is 7.89. The molecule has 0 saturated heterocycles. The summed E-state index contributed by atoms with van der Waals surface area (Å²) in [5, 5.41) is 0. The van der Waals surface area contributed by atoms with E-state index in [0.717, 1.165) is 22.5 Å². The van der Waals surface area contributed by atoms with Gasteiger partial charge in [-0.15, -0.1) is 0 Å². The van der Waals surface area contributed by atoms with Gasteiger partial charge in [-0.05, 0) is 72.3 Å². The third-order valence-electron chi connectivity index (χ3n) is 5.52. The third kappa shape index (κ3) is 6.80. The predicted molar refractivity (Wildman–Crippen MR) is 134 cm³/mol. The van der Waals surface area contributed by atoms with E-state index < -0.39 is 36.8 Å². The fourth-order valence-electron chi connectivity index (χ4n) is 3.60. The molecule has 4 rings (SSSR count). The molecule has 1 heterocycles. The van der Waals surface area contributed by atoms with Crippen LogP contribution >= 0.6 is 0 Å². The first-order chi connectivity index (χ1) is 18.4. The van der Waals surface area contributed by atoms with Gasteiger partial charge >= 0.3 is 16.3 Å². The number of halogens is 3. The van der Waals surface area contributed by atoms with Crippen molar-refractivity contribution in [1.82, 2.24) is 4.31 Å². The lowest BCUT2D eigenvalue weighted by Crippen LogP contribution is -2.30. The molecule has 0 saturated carbocycles. The van der Waals surface area contributed by atoms with E-state index in [4.69, 9.17) is 13.3 Å². The van der Waals surface area contributed by atoms with Crippen LogP contribution in [0, 0.1) is 0 Å². The maximum Gasteiger partial charge on any atom is 0.416 e. The molecule has 0 spiro atoms. The maximum atomic E-state index is 13.5. The number of sulfonamides is 1.